The maximum atomic E-state index is 12.8. The molecule has 0 aliphatic carbocycles. The van der Waals surface area contributed by atoms with Crippen LogP contribution in [0, 0.1) is 0 Å². The van der Waals surface area contributed by atoms with Gasteiger partial charge in [-0.05, 0) is 77.0 Å². The zero-order valence-electron chi connectivity index (χ0n) is 50.0. The number of hydrogen-bond donors (Lipinski definition) is 0. The van der Waals surface area contributed by atoms with E-state index in [0.29, 0.717) is 48.1 Å². The van der Waals surface area contributed by atoms with Crippen molar-refractivity contribution >= 4 is 35.8 Å². The first-order valence-electron chi connectivity index (χ1n) is 30.4. The van der Waals surface area contributed by atoms with Crippen molar-refractivity contribution in [1.82, 2.24) is 0 Å². The molecule has 0 rings (SSSR count). The van der Waals surface area contributed by atoms with Gasteiger partial charge in [-0.25, -0.2) is 9.59 Å². The third kappa shape index (κ3) is 51.0. The monoisotopic (exact) mass is 1080 g/mol. The summed E-state index contributed by atoms with van der Waals surface area (Å²) in [7, 11) is 7.78. The summed E-state index contributed by atoms with van der Waals surface area (Å²) in [4.78, 5) is 72.2. The van der Waals surface area contributed by atoms with E-state index in [2.05, 4.69) is 38.2 Å². The number of nitrogens with zero attached hydrogens (tertiary/aromatic N) is 2. The third-order valence-corrected chi connectivity index (χ3v) is 13.7. The average Bonchev–Trinajstić information content (AvgIpc) is 3.34. The van der Waals surface area contributed by atoms with Crippen LogP contribution in [-0.2, 0) is 57.2 Å². The highest BCUT2D eigenvalue weighted by Crippen LogP contribution is 2.17. The number of unbranched alkanes of at least 4 members (excludes halogenated alkanes) is 23. The van der Waals surface area contributed by atoms with Crippen LogP contribution in [0.15, 0.2) is 24.3 Å². The van der Waals surface area contributed by atoms with E-state index in [4.69, 9.17) is 28.4 Å². The van der Waals surface area contributed by atoms with Crippen LogP contribution in [-0.4, -0.2) is 138 Å². The van der Waals surface area contributed by atoms with Crippen molar-refractivity contribution in [3.05, 3.63) is 24.3 Å². The number of likely N-dealkylation sites (N-methyl/N-ethyl adjacent to an activating group) is 2. The Morgan fingerprint density at radius 3 is 1.05 bits per heavy atom. The van der Waals surface area contributed by atoms with Gasteiger partial charge < -0.3 is 37.4 Å². The minimum absolute atomic E-state index is 0.0846. The second-order valence-corrected chi connectivity index (χ2v) is 22.5. The Morgan fingerprint density at radius 2 is 0.697 bits per heavy atom. The molecule has 0 amide bonds. The molecule has 76 heavy (non-hydrogen) atoms. The Morgan fingerprint density at radius 1 is 0.368 bits per heavy atom. The van der Waals surface area contributed by atoms with Gasteiger partial charge in [0.1, 0.15) is 38.5 Å². The molecule has 0 heterocycles. The summed E-state index contributed by atoms with van der Waals surface area (Å²) in [6.45, 7) is 10.3. The SMILES string of the molecule is CCCCCC[C@H](C/C=C\CCCCCCCC(=O)OCCCCCCCCCCOC(=O)CCCCCCC/C=C\C[C@@H](CCCCCC)OC(=O)C[N+](C)(C)CCOC(C)=O)OC(=O)C[N+](C)(C)CCOC(C)=O. The first-order valence-corrected chi connectivity index (χ1v) is 30.4. The van der Waals surface area contributed by atoms with Crippen molar-refractivity contribution < 1.29 is 66.2 Å². The van der Waals surface area contributed by atoms with Crippen LogP contribution in [0.3, 0.4) is 0 Å². The van der Waals surface area contributed by atoms with Crippen molar-refractivity contribution in [2.24, 2.45) is 0 Å². The summed E-state index contributed by atoms with van der Waals surface area (Å²) in [5.41, 5.74) is 0. The predicted octanol–water partition coefficient (Wildman–Crippen LogP) is 13.6. The van der Waals surface area contributed by atoms with Crippen LogP contribution in [0.25, 0.3) is 0 Å². The van der Waals surface area contributed by atoms with E-state index in [1.807, 2.05) is 28.2 Å². The van der Waals surface area contributed by atoms with Crippen molar-refractivity contribution in [2.45, 2.75) is 258 Å². The lowest BCUT2D eigenvalue weighted by Crippen LogP contribution is -2.47. The molecule has 14 nitrogen and oxygen atoms in total. The van der Waals surface area contributed by atoms with Gasteiger partial charge in [-0.2, -0.15) is 0 Å². The molecule has 2 atom stereocenters. The number of ether oxygens (including phenoxy) is 6. The Labute approximate surface area is 463 Å². The van der Waals surface area contributed by atoms with Gasteiger partial charge in [0, 0.05) is 39.5 Å². The maximum absolute atomic E-state index is 12.8. The number of rotatable bonds is 53. The predicted molar refractivity (Wildman–Crippen MR) is 305 cm³/mol. The van der Waals surface area contributed by atoms with Crippen LogP contribution in [0.2, 0.25) is 0 Å². The van der Waals surface area contributed by atoms with Crippen LogP contribution >= 0.6 is 0 Å². The summed E-state index contributed by atoms with van der Waals surface area (Å²) in [6.07, 6.45) is 42.8. The smallest absolute Gasteiger partial charge is 0.362 e. The molecule has 0 unspecified atom stereocenters. The number of carbonyl (C=O) groups is 6. The van der Waals surface area contributed by atoms with Crippen molar-refractivity contribution in [1.29, 1.82) is 0 Å². The largest absolute Gasteiger partial charge is 0.466 e. The summed E-state index contributed by atoms with van der Waals surface area (Å²) in [5, 5.41) is 0. The number of carbonyl (C=O) groups excluding carboxylic acids is 6. The molecule has 0 bridgehead atoms. The molecule has 0 aliphatic rings. The molecule has 0 N–H and O–H groups in total. The van der Waals surface area contributed by atoms with Crippen LogP contribution in [0.5, 0.6) is 0 Å². The number of hydrogen-bond acceptors (Lipinski definition) is 12. The summed E-state index contributed by atoms with van der Waals surface area (Å²) >= 11 is 0. The highest BCUT2D eigenvalue weighted by atomic mass is 16.6. The molecule has 0 aromatic heterocycles. The Balaban J connectivity index is 3.89. The first-order chi connectivity index (χ1) is 36.5. The zero-order valence-corrected chi connectivity index (χ0v) is 50.0. The van der Waals surface area contributed by atoms with Gasteiger partial charge in [0.2, 0.25) is 0 Å². The quantitative estimate of drug-likeness (QED) is 0.0187. The van der Waals surface area contributed by atoms with Crippen molar-refractivity contribution in [3.8, 4) is 0 Å². The Kier molecular flexibility index (Phi) is 47.0. The highest BCUT2D eigenvalue weighted by molar-refractivity contribution is 5.71. The summed E-state index contributed by atoms with van der Waals surface area (Å²) in [6, 6.07) is 0. The van der Waals surface area contributed by atoms with Gasteiger partial charge >= 0.3 is 35.8 Å². The van der Waals surface area contributed by atoms with E-state index in [1.165, 1.54) is 52.4 Å². The van der Waals surface area contributed by atoms with Gasteiger partial charge in [-0.1, -0.05) is 154 Å². The molecule has 0 fully saturated rings. The molecular weight excluding hydrogens is 965 g/mol. The number of esters is 6. The third-order valence-electron chi connectivity index (χ3n) is 13.7. The van der Waals surface area contributed by atoms with E-state index in [0.717, 1.165) is 167 Å². The van der Waals surface area contributed by atoms with Gasteiger partial charge in [0.05, 0.1) is 41.4 Å². The molecule has 0 radical (unpaired) electrons. The molecular formula is C62H114N2O12+2. The standard InChI is InChI=1S/C62H114N2O12/c1-9-11-13-33-41-57(75-61(69)53-63(5,6)47-51-71-55(3)65)43-35-27-21-15-17-23-29-37-45-59(67)73-49-39-31-25-19-20-26-32-40-50-74-60(68)46-38-30-24-18-16-22-28-36-44-58(42-34-14-12-10-2)76-62(70)54-64(7,8)48-52-72-56(4)66/h27-28,35-36,57-58H,9-26,29-34,37-54H2,1-8H3/q+2/b35-27-,36-28-/t57-,58-/m1/s1. The van der Waals surface area contributed by atoms with E-state index >= 15 is 0 Å². The minimum Gasteiger partial charge on any atom is -0.466 e. The lowest BCUT2D eigenvalue weighted by atomic mass is 10.1. The highest BCUT2D eigenvalue weighted by Gasteiger charge is 2.25. The van der Waals surface area contributed by atoms with Gasteiger partial charge in [-0.3, -0.25) is 19.2 Å². The van der Waals surface area contributed by atoms with Crippen LogP contribution < -0.4 is 0 Å². The van der Waals surface area contributed by atoms with Gasteiger partial charge in [0.15, 0.2) is 13.1 Å². The molecule has 0 saturated carbocycles. The number of allylic oxidation sites excluding steroid dienone is 2. The maximum Gasteiger partial charge on any atom is 0.362 e. The Bertz CT molecular complexity index is 1430. The minimum atomic E-state index is -0.314. The van der Waals surface area contributed by atoms with Crippen molar-refractivity contribution in [2.75, 3.05) is 80.8 Å². The number of quaternary nitrogens is 2. The molecule has 0 spiro atoms. The van der Waals surface area contributed by atoms with Crippen molar-refractivity contribution in [3.63, 3.8) is 0 Å². The first kappa shape index (κ1) is 72.2. The molecule has 14 heteroatoms. The fourth-order valence-corrected chi connectivity index (χ4v) is 8.86. The molecule has 0 saturated heterocycles. The Hall–Kier alpha value is -3.78. The van der Waals surface area contributed by atoms with Crippen LogP contribution in [0.4, 0.5) is 0 Å². The topological polar surface area (TPSA) is 158 Å². The van der Waals surface area contributed by atoms with E-state index < -0.39 is 0 Å². The molecule has 442 valence electrons. The second-order valence-electron chi connectivity index (χ2n) is 22.5. The zero-order chi connectivity index (χ0) is 56.4. The lowest BCUT2D eigenvalue weighted by molar-refractivity contribution is -0.883. The van der Waals surface area contributed by atoms with Crippen LogP contribution in [0.1, 0.15) is 246 Å². The molecule has 0 aromatic rings. The summed E-state index contributed by atoms with van der Waals surface area (Å²) in [5.74, 6) is -1.22. The van der Waals surface area contributed by atoms with E-state index in [9.17, 15) is 28.8 Å². The van der Waals surface area contributed by atoms with E-state index in [1.54, 1.807) is 0 Å². The average molecular weight is 1080 g/mol. The molecule has 0 aromatic carbocycles. The fourth-order valence-electron chi connectivity index (χ4n) is 8.86. The second kappa shape index (κ2) is 49.5. The fraction of sp³-hybridized carbons (Fsp3) is 0.839. The summed E-state index contributed by atoms with van der Waals surface area (Å²) < 4.78 is 33.7. The normalized spacial score (nSPS) is 12.7. The van der Waals surface area contributed by atoms with Gasteiger partial charge in [-0.15, -0.1) is 0 Å². The van der Waals surface area contributed by atoms with E-state index in [-0.39, 0.29) is 74.3 Å². The van der Waals surface area contributed by atoms with Gasteiger partial charge in [0.25, 0.3) is 0 Å². The molecule has 0 aliphatic heterocycles. The lowest BCUT2D eigenvalue weighted by Gasteiger charge is -2.29.